The summed E-state index contributed by atoms with van der Waals surface area (Å²) in [6.45, 7) is 6.83. The smallest absolute Gasteiger partial charge is 0.131 e. The highest BCUT2D eigenvalue weighted by Gasteiger charge is 2.19. The van der Waals surface area contributed by atoms with Crippen molar-refractivity contribution in [2.75, 3.05) is 24.6 Å². The summed E-state index contributed by atoms with van der Waals surface area (Å²) >= 11 is 3.43. The Morgan fingerprint density at radius 2 is 2.40 bits per heavy atom. The quantitative estimate of drug-likeness (QED) is 0.784. The van der Waals surface area contributed by atoms with Gasteiger partial charge in [-0.25, -0.2) is 4.98 Å². The topological polar surface area (TPSA) is 25.4 Å². The lowest BCUT2D eigenvalue weighted by molar-refractivity contribution is 0.0529. The van der Waals surface area contributed by atoms with Gasteiger partial charge in [0.25, 0.3) is 0 Å². The molecule has 0 spiro atoms. The average Bonchev–Trinajstić information content (AvgIpc) is 2.17. The van der Waals surface area contributed by atoms with Crippen LogP contribution < -0.4 is 4.90 Å². The van der Waals surface area contributed by atoms with E-state index in [1.807, 2.05) is 6.20 Å². The third kappa shape index (κ3) is 2.49. The van der Waals surface area contributed by atoms with Crippen LogP contribution in [0.15, 0.2) is 16.7 Å². The van der Waals surface area contributed by atoms with Crippen molar-refractivity contribution >= 4 is 21.7 Å². The van der Waals surface area contributed by atoms with Gasteiger partial charge in [-0.1, -0.05) is 0 Å². The van der Waals surface area contributed by atoms with Gasteiger partial charge in [-0.15, -0.1) is 0 Å². The molecule has 2 rings (SSSR count). The Labute approximate surface area is 98.6 Å². The van der Waals surface area contributed by atoms with Crippen molar-refractivity contribution in [3.8, 4) is 0 Å². The SMILES string of the molecule is Cc1cc(Br)cnc1N1CCO[C@H](C)C1. The van der Waals surface area contributed by atoms with Crippen molar-refractivity contribution in [3.63, 3.8) is 0 Å². The van der Waals surface area contributed by atoms with E-state index < -0.39 is 0 Å². The number of halogens is 1. The van der Waals surface area contributed by atoms with Gasteiger partial charge in [0, 0.05) is 23.8 Å². The highest BCUT2D eigenvalue weighted by atomic mass is 79.9. The van der Waals surface area contributed by atoms with E-state index in [-0.39, 0.29) is 0 Å². The number of aryl methyl sites for hydroxylation is 1. The fourth-order valence-corrected chi connectivity index (χ4v) is 2.32. The Balaban J connectivity index is 2.21. The second kappa shape index (κ2) is 4.49. The van der Waals surface area contributed by atoms with E-state index in [1.54, 1.807) is 0 Å². The number of rotatable bonds is 1. The second-order valence-electron chi connectivity index (χ2n) is 3.92. The van der Waals surface area contributed by atoms with Gasteiger partial charge in [-0.05, 0) is 41.4 Å². The summed E-state index contributed by atoms with van der Waals surface area (Å²) in [5.41, 5.74) is 1.21. The van der Waals surface area contributed by atoms with E-state index in [9.17, 15) is 0 Å². The van der Waals surface area contributed by atoms with E-state index in [0.717, 1.165) is 30.0 Å². The van der Waals surface area contributed by atoms with E-state index in [2.05, 4.69) is 45.7 Å². The number of morpholine rings is 1. The number of pyridine rings is 1. The first kappa shape index (κ1) is 10.9. The van der Waals surface area contributed by atoms with Gasteiger partial charge in [0.1, 0.15) is 5.82 Å². The average molecular weight is 271 g/mol. The van der Waals surface area contributed by atoms with E-state index in [4.69, 9.17) is 4.74 Å². The van der Waals surface area contributed by atoms with E-state index in [1.165, 1.54) is 5.56 Å². The lowest BCUT2D eigenvalue weighted by Crippen LogP contribution is -2.41. The van der Waals surface area contributed by atoms with Crippen LogP contribution in [-0.2, 0) is 4.74 Å². The first-order valence-electron chi connectivity index (χ1n) is 5.15. The van der Waals surface area contributed by atoms with Gasteiger partial charge in [-0.2, -0.15) is 0 Å². The van der Waals surface area contributed by atoms with Crippen molar-refractivity contribution in [1.29, 1.82) is 0 Å². The second-order valence-corrected chi connectivity index (χ2v) is 4.84. The Hall–Kier alpha value is -0.610. The zero-order chi connectivity index (χ0) is 10.8. The van der Waals surface area contributed by atoms with Crippen molar-refractivity contribution in [2.45, 2.75) is 20.0 Å². The number of ether oxygens (including phenoxy) is 1. The molecular formula is C11H15BrN2O. The standard InChI is InChI=1S/C11H15BrN2O/c1-8-5-10(12)6-13-11(8)14-3-4-15-9(2)7-14/h5-6,9H,3-4,7H2,1-2H3/t9-/m1/s1. The highest BCUT2D eigenvalue weighted by molar-refractivity contribution is 9.10. The zero-order valence-electron chi connectivity index (χ0n) is 9.03. The maximum atomic E-state index is 5.51. The molecule has 82 valence electrons. The first-order valence-corrected chi connectivity index (χ1v) is 5.95. The lowest BCUT2D eigenvalue weighted by atomic mass is 10.2. The van der Waals surface area contributed by atoms with Gasteiger partial charge < -0.3 is 9.64 Å². The van der Waals surface area contributed by atoms with Crippen LogP contribution in [0.1, 0.15) is 12.5 Å². The first-order chi connectivity index (χ1) is 7.16. The molecule has 0 radical (unpaired) electrons. The number of nitrogens with zero attached hydrogens (tertiary/aromatic N) is 2. The van der Waals surface area contributed by atoms with Gasteiger partial charge in [0.15, 0.2) is 0 Å². The van der Waals surface area contributed by atoms with E-state index in [0.29, 0.717) is 6.10 Å². The molecule has 2 heterocycles. The molecule has 1 saturated heterocycles. The number of anilines is 1. The van der Waals surface area contributed by atoms with Crippen LogP contribution in [0.2, 0.25) is 0 Å². The predicted molar refractivity (Wildman–Crippen MR) is 64.3 cm³/mol. The molecule has 0 aromatic carbocycles. The molecule has 1 fully saturated rings. The highest BCUT2D eigenvalue weighted by Crippen LogP contribution is 2.22. The number of hydrogen-bond donors (Lipinski definition) is 0. The molecule has 1 atom stereocenters. The van der Waals surface area contributed by atoms with Crippen molar-refractivity contribution in [3.05, 3.63) is 22.3 Å². The molecule has 3 nitrogen and oxygen atoms in total. The third-order valence-corrected chi connectivity index (χ3v) is 2.99. The molecule has 0 aliphatic carbocycles. The molecule has 4 heteroatoms. The molecule has 15 heavy (non-hydrogen) atoms. The van der Waals surface area contributed by atoms with E-state index >= 15 is 0 Å². The summed E-state index contributed by atoms with van der Waals surface area (Å²) in [4.78, 5) is 6.75. The third-order valence-electron chi connectivity index (χ3n) is 2.56. The maximum absolute atomic E-state index is 5.51. The summed E-state index contributed by atoms with van der Waals surface area (Å²) in [7, 11) is 0. The van der Waals surface area contributed by atoms with Crippen LogP contribution in [0, 0.1) is 6.92 Å². The molecule has 0 unspecified atom stereocenters. The van der Waals surface area contributed by atoms with Crippen LogP contribution in [0.25, 0.3) is 0 Å². The summed E-state index contributed by atoms with van der Waals surface area (Å²) in [6, 6.07) is 2.10. The Morgan fingerprint density at radius 3 is 3.07 bits per heavy atom. The molecule has 0 saturated carbocycles. The molecule has 1 aliphatic rings. The van der Waals surface area contributed by atoms with Crippen LogP contribution in [0.5, 0.6) is 0 Å². The minimum atomic E-state index is 0.295. The molecule has 0 amide bonds. The zero-order valence-corrected chi connectivity index (χ0v) is 10.6. The molecule has 0 bridgehead atoms. The summed E-state index contributed by atoms with van der Waals surface area (Å²) in [5, 5.41) is 0. The molecule has 1 aromatic heterocycles. The molecule has 1 aromatic rings. The predicted octanol–water partition coefficient (Wildman–Crippen LogP) is 2.38. The van der Waals surface area contributed by atoms with Crippen molar-refractivity contribution in [2.24, 2.45) is 0 Å². The molecule has 0 N–H and O–H groups in total. The summed E-state index contributed by atoms with van der Waals surface area (Å²) < 4.78 is 6.55. The molecule has 1 aliphatic heterocycles. The van der Waals surface area contributed by atoms with Crippen LogP contribution in [0.4, 0.5) is 5.82 Å². The maximum Gasteiger partial charge on any atom is 0.131 e. The van der Waals surface area contributed by atoms with Crippen LogP contribution in [0.3, 0.4) is 0 Å². The Bertz CT molecular complexity index is 356. The normalized spacial score (nSPS) is 21.8. The lowest BCUT2D eigenvalue weighted by Gasteiger charge is -2.32. The van der Waals surface area contributed by atoms with Crippen LogP contribution in [-0.4, -0.2) is 30.8 Å². The van der Waals surface area contributed by atoms with Gasteiger partial charge in [0.2, 0.25) is 0 Å². The monoisotopic (exact) mass is 270 g/mol. The largest absolute Gasteiger partial charge is 0.375 e. The van der Waals surface area contributed by atoms with Gasteiger partial charge in [0.05, 0.1) is 12.7 Å². The number of aromatic nitrogens is 1. The van der Waals surface area contributed by atoms with Crippen molar-refractivity contribution in [1.82, 2.24) is 4.98 Å². The van der Waals surface area contributed by atoms with Crippen LogP contribution >= 0.6 is 15.9 Å². The Morgan fingerprint density at radius 1 is 1.60 bits per heavy atom. The Kier molecular flexibility index (Phi) is 3.26. The fourth-order valence-electron chi connectivity index (χ4n) is 1.88. The van der Waals surface area contributed by atoms with Gasteiger partial charge >= 0.3 is 0 Å². The minimum absolute atomic E-state index is 0.295. The summed E-state index contributed by atoms with van der Waals surface area (Å²) in [5.74, 6) is 1.08. The molecular weight excluding hydrogens is 256 g/mol. The van der Waals surface area contributed by atoms with Gasteiger partial charge in [-0.3, -0.25) is 0 Å². The fraction of sp³-hybridized carbons (Fsp3) is 0.545. The minimum Gasteiger partial charge on any atom is -0.375 e. The summed E-state index contributed by atoms with van der Waals surface area (Å²) in [6.07, 6.45) is 2.14. The number of hydrogen-bond acceptors (Lipinski definition) is 3. The van der Waals surface area contributed by atoms with Crippen molar-refractivity contribution < 1.29 is 4.74 Å².